The van der Waals surface area contributed by atoms with Crippen LogP contribution in [0, 0.1) is 96.7 Å². The smallest absolute Gasteiger partial charge is 0.303 e. The van der Waals surface area contributed by atoms with Gasteiger partial charge in [0.25, 0.3) is 22.2 Å². The van der Waals surface area contributed by atoms with Crippen molar-refractivity contribution in [3.05, 3.63) is 78.4 Å². The standard InChI is InChI=1S/C21H26N4O5.C20H25N5O5.C19H24N4O4.C18H23N5O4/c1-7-21(8-2)12(5)17(29-13(6)26)20(30-21)25-10-22-18-16(25)19(28)24-15(23-18)9-14(27)11(3)4;1-7-20(8-2)11(5)14(29-12(6)26)18(30-20)25-9-21-13-15(25)22-19(24-17(13)28)23-16(27)10(3)4;1-6-19(7-2)11(5)15(25)18(27-19)23-9-20-16-14(23)17(26)22-13(21-16)8-12(24)10(3)4;1-6-18(7-2)10(5)12(24)16(27-18)23-8-19-11-13(23)20-17(22-15(11)26)21-14(25)9(3)4/h1,10-12,17,20H,8-9H2,2-6H3,(H,23,24,28);1,9-11,14,18H,8H2,2-6H3,(H2,22,23,24,27,28);1,9-11,15,18,25H,7-8H2,2-5H3,(H,21,22,26);1,8-10,12,16,24H,7H2,2-5H3,(H2,20,21,22,25,26)/t12?,17-,20+,21+;11?,14-,18+,20+;11?,15-,18+,19+;10?,12-,16+,18+/m0000/s1. The highest BCUT2D eigenvalue weighted by molar-refractivity contribution is 5.92. The van der Waals surface area contributed by atoms with Crippen molar-refractivity contribution in [1.29, 1.82) is 0 Å². The van der Waals surface area contributed by atoms with Gasteiger partial charge in [-0.1, -0.05) is 134 Å². The molecule has 0 radical (unpaired) electrons. The number of carbonyl (C=O) groups is 6. The second-order valence-corrected chi connectivity index (χ2v) is 29.9. The van der Waals surface area contributed by atoms with Crippen molar-refractivity contribution in [2.24, 2.45) is 47.3 Å². The van der Waals surface area contributed by atoms with Crippen LogP contribution < -0.4 is 32.9 Å². The number of anilines is 2. The van der Waals surface area contributed by atoms with Crippen LogP contribution in [0.5, 0.6) is 0 Å². The van der Waals surface area contributed by atoms with Gasteiger partial charge in [-0.2, -0.15) is 9.97 Å². The van der Waals surface area contributed by atoms with E-state index in [2.05, 4.69) is 94.1 Å². The van der Waals surface area contributed by atoms with Crippen molar-refractivity contribution in [2.45, 2.75) is 235 Å². The fourth-order valence-corrected chi connectivity index (χ4v) is 14.1. The van der Waals surface area contributed by atoms with E-state index in [9.17, 15) is 58.2 Å². The lowest BCUT2D eigenvalue weighted by atomic mass is 9.85. The van der Waals surface area contributed by atoms with Gasteiger partial charge in [0.1, 0.15) is 70.5 Å². The number of aromatic nitrogens is 16. The van der Waals surface area contributed by atoms with Gasteiger partial charge in [0.15, 0.2) is 81.8 Å². The van der Waals surface area contributed by atoms with Gasteiger partial charge in [-0.05, 0) is 25.7 Å². The number of ketones is 2. The maximum Gasteiger partial charge on any atom is 0.303 e. The highest BCUT2D eigenvalue weighted by Gasteiger charge is 2.57. The van der Waals surface area contributed by atoms with E-state index in [0.29, 0.717) is 25.7 Å². The molecule has 0 aliphatic carbocycles. The number of nitrogens with zero attached hydrogens (tertiary/aromatic N) is 12. The maximum atomic E-state index is 12.8. The van der Waals surface area contributed by atoms with Gasteiger partial charge < -0.3 is 48.6 Å². The number of fused-ring (bicyclic) bond motifs is 4. The van der Waals surface area contributed by atoms with Crippen LogP contribution >= 0.6 is 0 Å². The molecule has 8 aromatic heterocycles. The number of nitrogens with one attached hydrogen (secondary N) is 6. The number of hydrogen-bond acceptors (Lipinski definition) is 26. The molecule has 0 bridgehead atoms. The SMILES string of the molecule is C#C[C@]1(CC)O[C@@H](n2cnc3c(=O)[nH]c(NC(=O)C(C)C)nc32)[C@@H](O)C1C.C#C[C@]1(CC)O[C@@H](n2cnc3c(=O)[nH]c(NC(=O)C(C)C)nc32)[C@@H](OC(C)=O)C1C.C#C[C@]1(CC)O[C@@H](n2cnc3nc(CC(=O)C(C)C)[nH]c(=O)c32)[C@@H](O)C1C.C#C[C@]1(CC)O[C@@H](n2cnc3nc(CC(=O)C(C)C)[nH]c(=O)c32)[C@@H](OC(C)=O)C1C. The molecular formula is C78H98N18O18. The van der Waals surface area contributed by atoms with Crippen molar-refractivity contribution >= 4 is 91.9 Å². The number of imidazole rings is 4. The van der Waals surface area contributed by atoms with Gasteiger partial charge >= 0.3 is 11.9 Å². The Bertz CT molecular complexity index is 5420. The number of terminal acetylenes is 4. The summed E-state index contributed by atoms with van der Waals surface area (Å²) in [7, 11) is 0. The zero-order chi connectivity index (χ0) is 84.3. The summed E-state index contributed by atoms with van der Waals surface area (Å²) in [6, 6.07) is 0. The zero-order valence-corrected chi connectivity index (χ0v) is 66.9. The molecule has 0 spiro atoms. The molecule has 2 amide bonds. The molecule has 16 atom stereocenters. The van der Waals surface area contributed by atoms with Crippen LogP contribution in [-0.2, 0) is 70.0 Å². The van der Waals surface area contributed by atoms with Gasteiger partial charge in [-0.3, -0.25) is 86.8 Å². The number of aliphatic hydroxyl groups excluding tert-OH is 2. The van der Waals surface area contributed by atoms with Crippen molar-refractivity contribution in [3.63, 3.8) is 0 Å². The van der Waals surface area contributed by atoms with Crippen molar-refractivity contribution < 1.29 is 67.4 Å². The summed E-state index contributed by atoms with van der Waals surface area (Å²) in [5.74, 6) is 7.40. The summed E-state index contributed by atoms with van der Waals surface area (Å²) >= 11 is 0. The molecule has 36 heteroatoms. The minimum Gasteiger partial charge on any atom is -0.457 e. The van der Waals surface area contributed by atoms with Crippen LogP contribution in [-0.4, -0.2) is 170 Å². The molecule has 0 saturated carbocycles. The molecule has 0 aromatic carbocycles. The topological polar surface area (TPSA) is 477 Å². The van der Waals surface area contributed by atoms with Crippen LogP contribution in [0.2, 0.25) is 0 Å². The minimum absolute atomic E-state index is 0.00666. The Morgan fingerprint density at radius 3 is 1.09 bits per heavy atom. The maximum absolute atomic E-state index is 12.8. The minimum atomic E-state index is -0.961. The van der Waals surface area contributed by atoms with E-state index in [0.717, 1.165) is 0 Å². The number of H-pyrrole nitrogens is 4. The fraction of sp³-hybridized carbons (Fsp3) is 0.564. The quantitative estimate of drug-likeness (QED) is 0.0341. The van der Waals surface area contributed by atoms with E-state index in [1.165, 1.54) is 57.4 Å². The van der Waals surface area contributed by atoms with Gasteiger partial charge in [0.2, 0.25) is 23.7 Å². The molecular weight excluding hydrogens is 1480 g/mol. The summed E-state index contributed by atoms with van der Waals surface area (Å²) in [6.45, 7) is 31.6. The second-order valence-electron chi connectivity index (χ2n) is 29.9. The predicted octanol–water partition coefficient (Wildman–Crippen LogP) is 5.58. The van der Waals surface area contributed by atoms with Crippen LogP contribution in [0.1, 0.15) is 187 Å². The average Bonchev–Trinajstić information content (AvgIpc) is 1.61. The Kier molecular flexibility index (Phi) is 26.2. The highest BCUT2D eigenvalue weighted by Crippen LogP contribution is 2.49. The highest BCUT2D eigenvalue weighted by atomic mass is 16.6. The summed E-state index contributed by atoms with van der Waals surface area (Å²) in [4.78, 5) is 166. The number of aromatic amines is 4. The number of rotatable bonds is 20. The number of aliphatic hydroxyl groups is 2. The van der Waals surface area contributed by atoms with Crippen LogP contribution in [0.3, 0.4) is 0 Å². The van der Waals surface area contributed by atoms with Crippen molar-refractivity contribution in [3.8, 4) is 49.4 Å². The normalized spacial score (nSPS) is 26.9. The van der Waals surface area contributed by atoms with E-state index in [1.54, 1.807) is 55.4 Å². The van der Waals surface area contributed by atoms with E-state index >= 15 is 0 Å². The summed E-state index contributed by atoms with van der Waals surface area (Å²) in [6.07, 6.45) is 23.9. The third kappa shape index (κ3) is 16.7. The fourth-order valence-electron chi connectivity index (χ4n) is 14.1. The summed E-state index contributed by atoms with van der Waals surface area (Å²) in [5.41, 5.74) is -4.45. The average molecular weight is 1580 g/mol. The van der Waals surface area contributed by atoms with E-state index < -0.39 is 106 Å². The number of carbonyl (C=O) groups excluding carboxylic acids is 6. The van der Waals surface area contributed by atoms with Crippen LogP contribution in [0.15, 0.2) is 44.5 Å². The van der Waals surface area contributed by atoms with Gasteiger partial charge in [0.05, 0.1) is 25.5 Å². The number of ether oxygens (including phenoxy) is 6. The van der Waals surface area contributed by atoms with Gasteiger partial charge in [0, 0.05) is 61.2 Å². The lowest BCUT2D eigenvalue weighted by molar-refractivity contribution is -0.154. The largest absolute Gasteiger partial charge is 0.457 e. The molecule has 8 aromatic rings. The first-order valence-electron chi connectivity index (χ1n) is 37.6. The zero-order valence-electron chi connectivity index (χ0n) is 66.9. The Balaban J connectivity index is 0.000000174. The third-order valence-electron chi connectivity index (χ3n) is 21.5. The molecule has 4 aliphatic rings. The van der Waals surface area contributed by atoms with Crippen molar-refractivity contribution in [2.75, 3.05) is 10.6 Å². The van der Waals surface area contributed by atoms with E-state index in [4.69, 9.17) is 54.1 Å². The number of amides is 2. The Morgan fingerprint density at radius 2 is 0.772 bits per heavy atom. The predicted molar refractivity (Wildman–Crippen MR) is 414 cm³/mol. The second kappa shape index (κ2) is 34.5. The van der Waals surface area contributed by atoms with Gasteiger partial charge in [-0.25, -0.2) is 29.9 Å². The lowest BCUT2D eigenvalue weighted by Gasteiger charge is -2.25. The Hall–Kier alpha value is -11.4. The van der Waals surface area contributed by atoms with Crippen LogP contribution in [0.25, 0.3) is 44.7 Å². The number of hydrogen-bond donors (Lipinski definition) is 8. The molecule has 12 heterocycles. The molecule has 114 heavy (non-hydrogen) atoms. The number of esters is 2. The van der Waals surface area contributed by atoms with E-state index in [1.807, 2.05) is 55.4 Å². The first kappa shape index (κ1) is 86.6. The van der Waals surface area contributed by atoms with Crippen molar-refractivity contribution in [1.82, 2.24) is 78.1 Å². The molecule has 4 fully saturated rings. The Labute approximate surface area is 655 Å². The molecule has 608 valence electrons. The first-order valence-corrected chi connectivity index (χ1v) is 37.6. The molecule has 4 unspecified atom stereocenters. The monoisotopic (exact) mass is 1570 g/mol. The molecule has 12 rings (SSSR count). The Morgan fingerprint density at radius 1 is 0.465 bits per heavy atom. The van der Waals surface area contributed by atoms with Crippen LogP contribution in [0.4, 0.5) is 11.9 Å². The first-order chi connectivity index (χ1) is 53.7. The van der Waals surface area contributed by atoms with E-state index in [-0.39, 0.29) is 152 Å². The molecule has 8 N–H and O–H groups in total. The lowest BCUT2D eigenvalue weighted by Crippen LogP contribution is -2.35. The summed E-state index contributed by atoms with van der Waals surface area (Å²) in [5, 5.41) is 26.5. The third-order valence-corrected chi connectivity index (χ3v) is 21.5. The number of Topliss-reactive ketones (excluding diaryl/α,β-unsaturated/α-hetero) is 2. The molecule has 4 aliphatic heterocycles. The molecule has 36 nitrogen and oxygen atoms in total. The molecule has 4 saturated heterocycles. The van der Waals surface area contributed by atoms with Gasteiger partial charge in [-0.15, -0.1) is 25.7 Å². The summed E-state index contributed by atoms with van der Waals surface area (Å²) < 4.78 is 41.4.